The summed E-state index contributed by atoms with van der Waals surface area (Å²) in [6.45, 7) is 0. The highest BCUT2D eigenvalue weighted by molar-refractivity contribution is 5.78. The van der Waals surface area contributed by atoms with Crippen LogP contribution in [0.25, 0.3) is 0 Å². The molecule has 0 radical (unpaired) electrons. The Morgan fingerprint density at radius 2 is 2.07 bits per heavy atom. The van der Waals surface area contributed by atoms with Crippen LogP contribution in [0.15, 0.2) is 35.3 Å². The Morgan fingerprint density at radius 3 is 2.57 bits per heavy atom. The van der Waals surface area contributed by atoms with Gasteiger partial charge in [0.1, 0.15) is 0 Å². The van der Waals surface area contributed by atoms with E-state index in [1.54, 1.807) is 24.3 Å². The minimum atomic E-state index is -0.904. The molecule has 0 saturated heterocycles. The highest BCUT2D eigenvalue weighted by atomic mass is 16.5. The third-order valence-corrected chi connectivity index (χ3v) is 1.72. The van der Waals surface area contributed by atoms with E-state index in [2.05, 4.69) is 9.73 Å². The molecule has 0 saturated carbocycles. The molecule has 4 heteroatoms. The molecule has 1 aromatic carbocycles. The van der Waals surface area contributed by atoms with Crippen LogP contribution in [-0.2, 0) is 14.3 Å². The molecule has 0 N–H and O–H groups in total. The van der Waals surface area contributed by atoms with Crippen LogP contribution in [0.1, 0.15) is 11.6 Å². The summed E-state index contributed by atoms with van der Waals surface area (Å²) in [6, 6.07) is 7.81. The molecule has 0 fully saturated rings. The maximum Gasteiger partial charge on any atom is 0.336 e. The van der Waals surface area contributed by atoms with Gasteiger partial charge in [0.15, 0.2) is 6.04 Å². The number of rotatable bonds is 3. The van der Waals surface area contributed by atoms with Gasteiger partial charge in [-0.25, -0.2) is 9.59 Å². The predicted molar refractivity (Wildman–Crippen MR) is 49.3 cm³/mol. The van der Waals surface area contributed by atoms with Crippen molar-refractivity contribution >= 4 is 12.0 Å². The van der Waals surface area contributed by atoms with Gasteiger partial charge in [-0.15, -0.1) is 0 Å². The van der Waals surface area contributed by atoms with Crippen LogP contribution in [0.3, 0.4) is 0 Å². The summed E-state index contributed by atoms with van der Waals surface area (Å²) in [4.78, 5) is 24.7. The van der Waals surface area contributed by atoms with Gasteiger partial charge in [0.25, 0.3) is 0 Å². The van der Waals surface area contributed by atoms with E-state index in [1.165, 1.54) is 13.2 Å². The number of methoxy groups -OCH3 is 1. The van der Waals surface area contributed by atoms with E-state index in [9.17, 15) is 9.59 Å². The van der Waals surface area contributed by atoms with Gasteiger partial charge in [-0.05, 0) is 5.56 Å². The van der Waals surface area contributed by atoms with Crippen molar-refractivity contribution in [2.45, 2.75) is 6.04 Å². The number of carbonyl (C=O) groups excluding carboxylic acids is 2. The Bertz CT molecular complexity index is 355. The number of ether oxygens (including phenoxy) is 1. The van der Waals surface area contributed by atoms with Crippen molar-refractivity contribution in [2.24, 2.45) is 4.99 Å². The SMILES string of the molecule is COC(=O)[C@H](N=C=O)c1ccccc1. The van der Waals surface area contributed by atoms with Crippen LogP contribution >= 0.6 is 0 Å². The fraction of sp³-hybridized carbons (Fsp3) is 0.200. The van der Waals surface area contributed by atoms with Gasteiger partial charge in [0, 0.05) is 0 Å². The van der Waals surface area contributed by atoms with Crippen molar-refractivity contribution < 1.29 is 14.3 Å². The summed E-state index contributed by atoms with van der Waals surface area (Å²) in [6.07, 6.45) is 1.36. The fourth-order valence-electron chi connectivity index (χ4n) is 1.06. The lowest BCUT2D eigenvalue weighted by atomic mass is 10.1. The van der Waals surface area contributed by atoms with Crippen molar-refractivity contribution in [1.29, 1.82) is 0 Å². The van der Waals surface area contributed by atoms with Gasteiger partial charge in [-0.2, -0.15) is 4.99 Å². The Labute approximate surface area is 81.2 Å². The van der Waals surface area contributed by atoms with Crippen LogP contribution < -0.4 is 0 Å². The number of hydrogen-bond donors (Lipinski definition) is 0. The lowest BCUT2D eigenvalue weighted by Gasteiger charge is -2.07. The minimum absolute atomic E-state index is 0.570. The maximum atomic E-state index is 11.2. The normalized spacial score (nSPS) is 11.2. The number of carbonyl (C=O) groups is 1. The number of isocyanates is 1. The van der Waals surface area contributed by atoms with Crippen LogP contribution in [-0.4, -0.2) is 19.2 Å². The number of nitrogens with zero attached hydrogens (tertiary/aromatic N) is 1. The minimum Gasteiger partial charge on any atom is -0.467 e. The average molecular weight is 191 g/mol. The van der Waals surface area contributed by atoms with Crippen molar-refractivity contribution in [3.63, 3.8) is 0 Å². The van der Waals surface area contributed by atoms with Crippen LogP contribution in [0.4, 0.5) is 0 Å². The molecule has 0 heterocycles. The second-order valence-electron chi connectivity index (χ2n) is 2.56. The first-order chi connectivity index (χ1) is 6.79. The van der Waals surface area contributed by atoms with Crippen LogP contribution in [0.2, 0.25) is 0 Å². The quantitative estimate of drug-likeness (QED) is 0.410. The van der Waals surface area contributed by atoms with Gasteiger partial charge >= 0.3 is 5.97 Å². The largest absolute Gasteiger partial charge is 0.467 e. The van der Waals surface area contributed by atoms with E-state index in [0.717, 1.165) is 0 Å². The molecule has 1 aromatic rings. The molecule has 0 unspecified atom stereocenters. The predicted octanol–water partition coefficient (Wildman–Crippen LogP) is 1.24. The molecular formula is C10H9NO3. The highest BCUT2D eigenvalue weighted by Crippen LogP contribution is 2.17. The first kappa shape index (κ1) is 10.2. The molecule has 0 aliphatic carbocycles. The first-order valence-electron chi connectivity index (χ1n) is 3.99. The van der Waals surface area contributed by atoms with Gasteiger partial charge < -0.3 is 4.74 Å². The lowest BCUT2D eigenvalue weighted by molar-refractivity contribution is -0.142. The smallest absolute Gasteiger partial charge is 0.336 e. The second kappa shape index (κ2) is 4.94. The van der Waals surface area contributed by atoms with Gasteiger partial charge in [0.2, 0.25) is 6.08 Å². The molecule has 0 aromatic heterocycles. The summed E-state index contributed by atoms with van der Waals surface area (Å²) < 4.78 is 4.51. The molecule has 14 heavy (non-hydrogen) atoms. The number of hydrogen-bond acceptors (Lipinski definition) is 4. The number of esters is 1. The number of aliphatic imine (C=N–C) groups is 1. The second-order valence-corrected chi connectivity index (χ2v) is 2.56. The van der Waals surface area contributed by atoms with Crippen molar-refractivity contribution in [2.75, 3.05) is 7.11 Å². The molecule has 0 bridgehead atoms. The molecule has 0 aliphatic rings. The summed E-state index contributed by atoms with van der Waals surface area (Å²) in [5.41, 5.74) is 0.614. The number of benzene rings is 1. The topological polar surface area (TPSA) is 55.7 Å². The third-order valence-electron chi connectivity index (χ3n) is 1.72. The van der Waals surface area contributed by atoms with E-state index in [0.29, 0.717) is 5.56 Å². The van der Waals surface area contributed by atoms with E-state index >= 15 is 0 Å². The zero-order chi connectivity index (χ0) is 10.4. The maximum absolute atomic E-state index is 11.2. The Kier molecular flexibility index (Phi) is 3.58. The van der Waals surface area contributed by atoms with Crippen molar-refractivity contribution in [3.05, 3.63) is 35.9 Å². The lowest BCUT2D eigenvalue weighted by Crippen LogP contribution is -2.11. The van der Waals surface area contributed by atoms with Crippen LogP contribution in [0.5, 0.6) is 0 Å². The van der Waals surface area contributed by atoms with Gasteiger partial charge in [0.05, 0.1) is 7.11 Å². The highest BCUT2D eigenvalue weighted by Gasteiger charge is 2.19. The molecule has 1 atom stereocenters. The van der Waals surface area contributed by atoms with Crippen LogP contribution in [0, 0.1) is 0 Å². The summed E-state index contributed by atoms with van der Waals surface area (Å²) >= 11 is 0. The van der Waals surface area contributed by atoms with Crippen molar-refractivity contribution in [3.8, 4) is 0 Å². The summed E-state index contributed by atoms with van der Waals surface area (Å²) in [5, 5.41) is 0. The molecule has 72 valence electrons. The molecule has 1 rings (SSSR count). The van der Waals surface area contributed by atoms with E-state index in [1.807, 2.05) is 6.07 Å². The summed E-state index contributed by atoms with van der Waals surface area (Å²) in [7, 11) is 1.25. The third kappa shape index (κ3) is 2.28. The molecule has 0 amide bonds. The van der Waals surface area contributed by atoms with E-state index in [-0.39, 0.29) is 0 Å². The standard InChI is InChI=1S/C10H9NO3/c1-14-10(13)9(11-7-12)8-5-3-2-4-6-8/h2-6,9H,1H3/t9-/m1/s1. The van der Waals surface area contributed by atoms with E-state index < -0.39 is 12.0 Å². The first-order valence-corrected chi connectivity index (χ1v) is 3.99. The molecule has 4 nitrogen and oxygen atoms in total. The van der Waals surface area contributed by atoms with Crippen molar-refractivity contribution in [1.82, 2.24) is 0 Å². The Balaban J connectivity index is 3.00. The van der Waals surface area contributed by atoms with Gasteiger partial charge in [-0.1, -0.05) is 30.3 Å². The fourth-order valence-corrected chi connectivity index (χ4v) is 1.06. The molecular weight excluding hydrogens is 182 g/mol. The summed E-state index contributed by atoms with van der Waals surface area (Å²) in [5.74, 6) is -0.570. The zero-order valence-corrected chi connectivity index (χ0v) is 7.64. The Hall–Kier alpha value is -1.93. The average Bonchev–Trinajstić information content (AvgIpc) is 2.26. The monoisotopic (exact) mass is 191 g/mol. The Morgan fingerprint density at radius 1 is 1.43 bits per heavy atom. The van der Waals surface area contributed by atoms with Gasteiger partial charge in [-0.3, -0.25) is 0 Å². The molecule has 0 aliphatic heterocycles. The van der Waals surface area contributed by atoms with E-state index in [4.69, 9.17) is 0 Å². The zero-order valence-electron chi connectivity index (χ0n) is 7.64. The molecule has 0 spiro atoms.